The Labute approximate surface area is 72.4 Å². The molecule has 1 fully saturated rings. The first-order valence-corrected chi connectivity index (χ1v) is 4.84. The van der Waals surface area contributed by atoms with Gasteiger partial charge in [-0.15, -0.1) is 0 Å². The van der Waals surface area contributed by atoms with Crippen molar-refractivity contribution in [1.29, 1.82) is 0 Å². The third kappa shape index (κ3) is 0.787. The molecular weight excluding hydrogens is 148 g/mol. The number of aromatic amines is 1. The molecule has 3 rings (SSSR count). The van der Waals surface area contributed by atoms with E-state index in [2.05, 4.69) is 22.7 Å². The summed E-state index contributed by atoms with van der Waals surface area (Å²) < 4.78 is 0. The summed E-state index contributed by atoms with van der Waals surface area (Å²) in [6.45, 7) is 1.21. The third-order valence-electron chi connectivity index (χ3n) is 3.34. The molecule has 2 N–H and O–H groups in total. The molecule has 2 aliphatic rings. The highest BCUT2D eigenvalue weighted by Gasteiger charge is 2.33. The van der Waals surface area contributed by atoms with E-state index in [0.29, 0.717) is 6.04 Å². The largest absolute Gasteiger partial charge is 0.367 e. The number of aromatic nitrogens is 1. The minimum absolute atomic E-state index is 0.667. The topological polar surface area (TPSA) is 27.8 Å². The Bertz CT molecular complexity index is 290. The van der Waals surface area contributed by atoms with E-state index in [9.17, 15) is 0 Å². The molecule has 0 aromatic carbocycles. The van der Waals surface area contributed by atoms with Gasteiger partial charge in [0.15, 0.2) is 0 Å². The molecular formula is C10H14N2. The van der Waals surface area contributed by atoms with E-state index in [0.717, 1.165) is 5.92 Å². The highest BCUT2D eigenvalue weighted by molar-refractivity contribution is 5.31. The predicted octanol–water partition coefficient (Wildman–Crippen LogP) is 1.61. The van der Waals surface area contributed by atoms with Crippen molar-refractivity contribution in [2.45, 2.75) is 25.3 Å². The van der Waals surface area contributed by atoms with Crippen molar-refractivity contribution in [3.63, 3.8) is 0 Å². The Morgan fingerprint density at radius 2 is 2.25 bits per heavy atom. The second-order valence-electron chi connectivity index (χ2n) is 3.96. The minimum Gasteiger partial charge on any atom is -0.367 e. The van der Waals surface area contributed by atoms with E-state index >= 15 is 0 Å². The second-order valence-corrected chi connectivity index (χ2v) is 3.96. The quantitative estimate of drug-likeness (QED) is 0.596. The van der Waals surface area contributed by atoms with Crippen molar-refractivity contribution < 1.29 is 0 Å². The Morgan fingerprint density at radius 1 is 1.25 bits per heavy atom. The van der Waals surface area contributed by atoms with Gasteiger partial charge in [-0.2, -0.15) is 0 Å². The zero-order chi connectivity index (χ0) is 7.97. The third-order valence-corrected chi connectivity index (χ3v) is 3.34. The maximum absolute atomic E-state index is 3.58. The van der Waals surface area contributed by atoms with Crippen molar-refractivity contribution >= 4 is 0 Å². The van der Waals surface area contributed by atoms with Crippen LogP contribution in [0.4, 0.5) is 0 Å². The van der Waals surface area contributed by atoms with Crippen molar-refractivity contribution in [3.8, 4) is 0 Å². The first-order chi connectivity index (χ1) is 5.95. The molecule has 0 bridgehead atoms. The van der Waals surface area contributed by atoms with Gasteiger partial charge >= 0.3 is 0 Å². The lowest BCUT2D eigenvalue weighted by Gasteiger charge is -2.25. The minimum atomic E-state index is 0.667. The molecule has 0 amide bonds. The Kier molecular flexibility index (Phi) is 1.32. The van der Waals surface area contributed by atoms with Crippen LogP contribution >= 0.6 is 0 Å². The van der Waals surface area contributed by atoms with Gasteiger partial charge in [0.05, 0.1) is 0 Å². The Morgan fingerprint density at radius 3 is 3.25 bits per heavy atom. The highest BCUT2D eigenvalue weighted by atomic mass is 15.0. The van der Waals surface area contributed by atoms with E-state index in [-0.39, 0.29) is 0 Å². The van der Waals surface area contributed by atoms with Crippen LogP contribution in [-0.4, -0.2) is 11.5 Å². The summed E-state index contributed by atoms with van der Waals surface area (Å²) in [4.78, 5) is 3.21. The SMILES string of the molecule is c1[nH]cc2c1CCC1CCNC21. The van der Waals surface area contributed by atoms with Gasteiger partial charge in [0, 0.05) is 18.4 Å². The smallest absolute Gasteiger partial charge is 0.0366 e. The summed E-state index contributed by atoms with van der Waals surface area (Å²) in [5.41, 5.74) is 3.06. The fourth-order valence-electron chi connectivity index (χ4n) is 2.69. The summed E-state index contributed by atoms with van der Waals surface area (Å²) in [7, 11) is 0. The van der Waals surface area contributed by atoms with E-state index in [1.54, 1.807) is 0 Å². The average molecular weight is 162 g/mol. The lowest BCUT2D eigenvalue weighted by Crippen LogP contribution is -2.22. The van der Waals surface area contributed by atoms with Gasteiger partial charge in [-0.3, -0.25) is 0 Å². The normalized spacial score (nSPS) is 33.0. The van der Waals surface area contributed by atoms with E-state index in [4.69, 9.17) is 0 Å². The van der Waals surface area contributed by atoms with Crippen LogP contribution in [0.3, 0.4) is 0 Å². The van der Waals surface area contributed by atoms with Crippen LogP contribution in [0.25, 0.3) is 0 Å². The first kappa shape index (κ1) is 6.72. The monoisotopic (exact) mass is 162 g/mol. The van der Waals surface area contributed by atoms with Gasteiger partial charge in [-0.25, -0.2) is 0 Å². The summed E-state index contributed by atoms with van der Waals surface area (Å²) in [5, 5.41) is 3.58. The summed E-state index contributed by atoms with van der Waals surface area (Å²) >= 11 is 0. The molecule has 1 saturated heterocycles. The van der Waals surface area contributed by atoms with Gasteiger partial charge in [0.2, 0.25) is 0 Å². The molecule has 2 atom stereocenters. The van der Waals surface area contributed by atoms with Crippen LogP contribution in [0, 0.1) is 5.92 Å². The number of nitrogens with one attached hydrogen (secondary N) is 2. The molecule has 64 valence electrons. The molecule has 1 aromatic heterocycles. The average Bonchev–Trinajstić information content (AvgIpc) is 2.71. The van der Waals surface area contributed by atoms with Gasteiger partial charge in [-0.1, -0.05) is 0 Å². The number of fused-ring (bicyclic) bond motifs is 3. The molecule has 0 radical (unpaired) electrons. The highest BCUT2D eigenvalue weighted by Crippen LogP contribution is 2.38. The second kappa shape index (κ2) is 2.36. The van der Waals surface area contributed by atoms with E-state index in [1.165, 1.54) is 36.9 Å². The van der Waals surface area contributed by atoms with Crippen molar-refractivity contribution in [2.24, 2.45) is 5.92 Å². The molecule has 2 unspecified atom stereocenters. The van der Waals surface area contributed by atoms with Gasteiger partial charge in [0.1, 0.15) is 0 Å². The number of H-pyrrole nitrogens is 1. The maximum Gasteiger partial charge on any atom is 0.0366 e. The molecule has 2 heteroatoms. The lowest BCUT2D eigenvalue weighted by atomic mass is 9.83. The molecule has 1 aliphatic carbocycles. The molecule has 1 aliphatic heterocycles. The number of hydrogen-bond acceptors (Lipinski definition) is 1. The number of aryl methyl sites for hydroxylation is 1. The standard InChI is InChI=1S/C10H14N2/c1-2-8-5-11-6-9(8)10-7(1)3-4-12-10/h5-7,10-12H,1-4H2. The van der Waals surface area contributed by atoms with Gasteiger partial charge in [-0.05, 0) is 42.9 Å². The number of rotatable bonds is 0. The Balaban J connectivity index is 2.04. The molecule has 2 heterocycles. The van der Waals surface area contributed by atoms with E-state index < -0.39 is 0 Å². The maximum atomic E-state index is 3.58. The zero-order valence-electron chi connectivity index (χ0n) is 7.14. The number of hydrogen-bond donors (Lipinski definition) is 2. The zero-order valence-corrected chi connectivity index (χ0v) is 7.14. The van der Waals surface area contributed by atoms with Crippen molar-refractivity contribution in [2.75, 3.05) is 6.54 Å². The van der Waals surface area contributed by atoms with Crippen LogP contribution in [0.2, 0.25) is 0 Å². The van der Waals surface area contributed by atoms with Crippen LogP contribution < -0.4 is 5.32 Å². The van der Waals surface area contributed by atoms with E-state index in [1.807, 2.05) is 0 Å². The first-order valence-electron chi connectivity index (χ1n) is 4.84. The van der Waals surface area contributed by atoms with Crippen LogP contribution in [-0.2, 0) is 6.42 Å². The van der Waals surface area contributed by atoms with Crippen molar-refractivity contribution in [3.05, 3.63) is 23.5 Å². The lowest BCUT2D eigenvalue weighted by molar-refractivity contribution is 0.407. The van der Waals surface area contributed by atoms with Gasteiger partial charge < -0.3 is 10.3 Å². The predicted molar refractivity (Wildman–Crippen MR) is 48.0 cm³/mol. The van der Waals surface area contributed by atoms with Crippen molar-refractivity contribution in [1.82, 2.24) is 10.3 Å². The van der Waals surface area contributed by atoms with Gasteiger partial charge in [0.25, 0.3) is 0 Å². The van der Waals surface area contributed by atoms with Crippen LogP contribution in [0.15, 0.2) is 12.4 Å². The molecule has 0 saturated carbocycles. The van der Waals surface area contributed by atoms with Crippen LogP contribution in [0.5, 0.6) is 0 Å². The molecule has 1 aromatic rings. The fourth-order valence-corrected chi connectivity index (χ4v) is 2.69. The summed E-state index contributed by atoms with van der Waals surface area (Å²) in [6.07, 6.45) is 8.36. The molecule has 12 heavy (non-hydrogen) atoms. The molecule has 2 nitrogen and oxygen atoms in total. The summed E-state index contributed by atoms with van der Waals surface area (Å²) in [6, 6.07) is 0.667. The fraction of sp³-hybridized carbons (Fsp3) is 0.600. The molecule has 0 spiro atoms. The van der Waals surface area contributed by atoms with Crippen LogP contribution in [0.1, 0.15) is 30.0 Å². The summed E-state index contributed by atoms with van der Waals surface area (Å²) in [5.74, 6) is 0.910. The Hall–Kier alpha value is -0.760.